The standard InChI is InChI=1S/C21H19F3N6O4/c1-20(2,3)16(11-5-6-12(21(22,23)24)14(9-11)30(33)34)29-19(32)13-10-15(31)28-18(27-13)17-25-7-4-8-26-17/h4-10,16H,1-3H3,(H,29,32)(H,27,28,31)/t16-/m0/s1. The van der Waals surface area contributed by atoms with Gasteiger partial charge in [0, 0.05) is 24.5 Å². The highest BCUT2D eigenvalue weighted by atomic mass is 19.4. The number of nitrogens with zero attached hydrogens (tertiary/aromatic N) is 4. The van der Waals surface area contributed by atoms with Crippen molar-refractivity contribution in [3.63, 3.8) is 0 Å². The molecule has 0 aliphatic rings. The van der Waals surface area contributed by atoms with E-state index in [1.165, 1.54) is 12.4 Å². The van der Waals surface area contributed by atoms with Crippen molar-refractivity contribution in [2.24, 2.45) is 5.41 Å². The number of rotatable bonds is 5. The lowest BCUT2D eigenvalue weighted by atomic mass is 9.81. The summed E-state index contributed by atoms with van der Waals surface area (Å²) < 4.78 is 39.6. The van der Waals surface area contributed by atoms with Gasteiger partial charge in [-0.1, -0.05) is 26.8 Å². The first-order valence-electron chi connectivity index (χ1n) is 9.82. The lowest BCUT2D eigenvalue weighted by Gasteiger charge is -2.32. The van der Waals surface area contributed by atoms with Crippen molar-refractivity contribution < 1.29 is 22.9 Å². The number of nitrogens with one attached hydrogen (secondary N) is 2. The zero-order valence-electron chi connectivity index (χ0n) is 18.2. The first-order valence-corrected chi connectivity index (χ1v) is 9.82. The van der Waals surface area contributed by atoms with Crippen LogP contribution in [0.3, 0.4) is 0 Å². The number of amides is 1. The monoisotopic (exact) mass is 476 g/mol. The van der Waals surface area contributed by atoms with E-state index in [4.69, 9.17) is 0 Å². The fourth-order valence-corrected chi connectivity index (χ4v) is 3.23. The lowest BCUT2D eigenvalue weighted by molar-refractivity contribution is -0.388. The fourth-order valence-electron chi connectivity index (χ4n) is 3.23. The average Bonchev–Trinajstić information content (AvgIpc) is 2.75. The maximum Gasteiger partial charge on any atom is 0.422 e. The van der Waals surface area contributed by atoms with E-state index in [1.54, 1.807) is 26.8 Å². The van der Waals surface area contributed by atoms with Gasteiger partial charge in [0.2, 0.25) is 0 Å². The van der Waals surface area contributed by atoms with Crippen molar-refractivity contribution in [3.8, 4) is 11.6 Å². The number of hydrogen-bond acceptors (Lipinski definition) is 7. The molecule has 0 fully saturated rings. The molecule has 1 aromatic carbocycles. The number of carbonyl (C=O) groups excluding carboxylic acids is 1. The molecule has 3 rings (SSSR count). The van der Waals surface area contributed by atoms with E-state index >= 15 is 0 Å². The first kappa shape index (κ1) is 24.5. The van der Waals surface area contributed by atoms with Crippen LogP contribution in [0.2, 0.25) is 0 Å². The molecule has 0 aliphatic carbocycles. The summed E-state index contributed by atoms with van der Waals surface area (Å²) in [5.74, 6) is -0.804. The Balaban J connectivity index is 2.01. The van der Waals surface area contributed by atoms with Crippen LogP contribution < -0.4 is 10.9 Å². The molecule has 0 bridgehead atoms. The van der Waals surface area contributed by atoms with Crippen LogP contribution in [0, 0.1) is 15.5 Å². The molecule has 178 valence electrons. The van der Waals surface area contributed by atoms with Crippen LogP contribution in [0.15, 0.2) is 47.5 Å². The maximum atomic E-state index is 13.2. The highest BCUT2D eigenvalue weighted by Gasteiger charge is 2.39. The highest BCUT2D eigenvalue weighted by molar-refractivity contribution is 5.92. The third-order valence-electron chi connectivity index (χ3n) is 4.75. The van der Waals surface area contributed by atoms with E-state index in [0.29, 0.717) is 6.07 Å². The summed E-state index contributed by atoms with van der Waals surface area (Å²) in [6.07, 6.45) is -2.09. The Morgan fingerprint density at radius 2 is 1.79 bits per heavy atom. The summed E-state index contributed by atoms with van der Waals surface area (Å²) in [4.78, 5) is 49.7. The second-order valence-corrected chi connectivity index (χ2v) is 8.36. The van der Waals surface area contributed by atoms with Gasteiger partial charge < -0.3 is 10.3 Å². The number of hydrogen-bond donors (Lipinski definition) is 2. The number of halogens is 3. The number of alkyl halides is 3. The van der Waals surface area contributed by atoms with Crippen molar-refractivity contribution in [3.05, 3.63) is 80.0 Å². The summed E-state index contributed by atoms with van der Waals surface area (Å²) in [6, 6.07) is 3.99. The van der Waals surface area contributed by atoms with Crippen LogP contribution in [0.4, 0.5) is 18.9 Å². The van der Waals surface area contributed by atoms with Gasteiger partial charge >= 0.3 is 6.18 Å². The van der Waals surface area contributed by atoms with Crippen molar-refractivity contribution in [1.29, 1.82) is 0 Å². The van der Waals surface area contributed by atoms with Crippen LogP contribution in [0.1, 0.15) is 48.4 Å². The van der Waals surface area contributed by atoms with Gasteiger partial charge in [0.05, 0.1) is 11.0 Å². The third kappa shape index (κ3) is 5.42. The molecule has 0 unspecified atom stereocenters. The Labute approximate surface area is 190 Å². The van der Waals surface area contributed by atoms with E-state index in [2.05, 4.69) is 25.3 Å². The fraction of sp³-hybridized carbons (Fsp3) is 0.286. The number of nitro groups is 1. The first-order chi connectivity index (χ1) is 15.8. The SMILES string of the molecule is CC(C)(C)[C@@H](NC(=O)c1cc(=O)[nH]c(-c2ncccn2)n1)c1ccc(C(F)(F)F)c([N+](=O)[O-])c1. The van der Waals surface area contributed by atoms with Crippen LogP contribution in [-0.2, 0) is 6.18 Å². The average molecular weight is 476 g/mol. The molecule has 0 saturated carbocycles. The quantitative estimate of drug-likeness (QED) is 0.422. The van der Waals surface area contributed by atoms with Crippen molar-refractivity contribution in [2.45, 2.75) is 33.0 Å². The van der Waals surface area contributed by atoms with Crippen LogP contribution >= 0.6 is 0 Å². The summed E-state index contributed by atoms with van der Waals surface area (Å²) >= 11 is 0. The maximum absolute atomic E-state index is 13.2. The van der Waals surface area contributed by atoms with Gasteiger partial charge in [0.15, 0.2) is 11.6 Å². The smallest absolute Gasteiger partial charge is 0.343 e. The number of H-pyrrole nitrogens is 1. The molecule has 1 amide bonds. The van der Waals surface area contributed by atoms with Gasteiger partial charge in [-0.15, -0.1) is 0 Å². The van der Waals surface area contributed by atoms with Gasteiger partial charge in [-0.05, 0) is 23.1 Å². The predicted molar refractivity (Wildman–Crippen MR) is 114 cm³/mol. The number of nitro benzene ring substituents is 1. The van der Waals surface area contributed by atoms with E-state index in [9.17, 15) is 32.9 Å². The molecule has 13 heteroatoms. The summed E-state index contributed by atoms with van der Waals surface area (Å²) in [5, 5.41) is 13.9. The Morgan fingerprint density at radius 3 is 2.35 bits per heavy atom. The number of benzene rings is 1. The van der Waals surface area contributed by atoms with Gasteiger partial charge in [0.25, 0.3) is 17.2 Å². The molecule has 34 heavy (non-hydrogen) atoms. The van der Waals surface area contributed by atoms with Crippen LogP contribution in [0.5, 0.6) is 0 Å². The minimum Gasteiger partial charge on any atom is -0.343 e. The van der Waals surface area contributed by atoms with Gasteiger partial charge in [-0.2, -0.15) is 13.2 Å². The molecule has 0 radical (unpaired) electrons. The zero-order valence-corrected chi connectivity index (χ0v) is 18.2. The molecular formula is C21H19F3N6O4. The Hall–Kier alpha value is -4.16. The van der Waals surface area contributed by atoms with E-state index < -0.39 is 45.3 Å². The van der Waals surface area contributed by atoms with Crippen molar-refractivity contribution in [2.75, 3.05) is 0 Å². The molecule has 3 aromatic rings. The molecule has 2 aromatic heterocycles. The molecule has 10 nitrogen and oxygen atoms in total. The second-order valence-electron chi connectivity index (χ2n) is 8.36. The summed E-state index contributed by atoms with van der Waals surface area (Å²) in [6.45, 7) is 5.07. The van der Waals surface area contributed by atoms with Gasteiger partial charge in [-0.25, -0.2) is 15.0 Å². The number of aromatic nitrogens is 4. The lowest BCUT2D eigenvalue weighted by Crippen LogP contribution is -2.37. The van der Waals surface area contributed by atoms with Crippen LogP contribution in [-0.4, -0.2) is 30.8 Å². The van der Waals surface area contributed by atoms with Crippen molar-refractivity contribution in [1.82, 2.24) is 25.3 Å². The Bertz CT molecular complexity index is 1290. The summed E-state index contributed by atoms with van der Waals surface area (Å²) in [7, 11) is 0. The van der Waals surface area contributed by atoms with Crippen molar-refractivity contribution >= 4 is 11.6 Å². The Kier molecular flexibility index (Phi) is 6.48. The molecular weight excluding hydrogens is 457 g/mol. The topological polar surface area (TPSA) is 144 Å². The molecule has 0 saturated heterocycles. The zero-order chi connectivity index (χ0) is 25.3. The van der Waals surface area contributed by atoms with Gasteiger partial charge in [-0.3, -0.25) is 19.7 Å². The molecule has 1 atom stereocenters. The third-order valence-corrected chi connectivity index (χ3v) is 4.75. The van der Waals surface area contributed by atoms with E-state index in [1.807, 2.05) is 0 Å². The van der Waals surface area contributed by atoms with Crippen LogP contribution in [0.25, 0.3) is 11.6 Å². The van der Waals surface area contributed by atoms with Gasteiger partial charge in [0.1, 0.15) is 11.3 Å². The predicted octanol–water partition coefficient (Wildman–Crippen LogP) is 3.67. The minimum absolute atomic E-state index is 0.0595. The second kappa shape index (κ2) is 9.00. The molecule has 2 heterocycles. The number of aromatic amines is 1. The normalized spacial score (nSPS) is 12.8. The molecule has 0 spiro atoms. The summed E-state index contributed by atoms with van der Waals surface area (Å²) in [5.41, 5.74) is -4.18. The highest BCUT2D eigenvalue weighted by Crippen LogP contribution is 2.40. The molecule has 0 aliphatic heterocycles. The largest absolute Gasteiger partial charge is 0.422 e. The van der Waals surface area contributed by atoms with E-state index in [0.717, 1.165) is 18.2 Å². The number of carbonyl (C=O) groups is 1. The Morgan fingerprint density at radius 1 is 1.15 bits per heavy atom. The van der Waals surface area contributed by atoms with E-state index in [-0.39, 0.29) is 22.9 Å². The molecule has 2 N–H and O–H groups in total. The minimum atomic E-state index is -4.92.